The summed E-state index contributed by atoms with van der Waals surface area (Å²) in [5, 5.41) is 0. The van der Waals surface area contributed by atoms with Crippen LogP contribution in [0, 0.1) is 17.3 Å². The summed E-state index contributed by atoms with van der Waals surface area (Å²) in [5.41, 5.74) is 0.285. The molecule has 0 amide bonds. The number of ketones is 4. The van der Waals surface area contributed by atoms with Gasteiger partial charge in [0.1, 0.15) is 5.92 Å². The van der Waals surface area contributed by atoms with Crippen molar-refractivity contribution in [3.05, 3.63) is 71.8 Å². The second-order valence-corrected chi connectivity index (χ2v) is 7.98. The van der Waals surface area contributed by atoms with Crippen LogP contribution in [-0.2, 0) is 32.0 Å². The Hall–Kier alpha value is -2.88. The Balaban J connectivity index is 2.08. The Morgan fingerprint density at radius 2 is 1.41 bits per heavy atom. The molecule has 0 spiro atoms. The molecular formula is C25H26O4. The summed E-state index contributed by atoms with van der Waals surface area (Å²) in [6, 6.07) is 18.7. The first kappa shape index (κ1) is 20.8. The molecule has 150 valence electrons. The lowest BCUT2D eigenvalue weighted by Gasteiger charge is -2.38. The molecule has 2 atom stereocenters. The van der Waals surface area contributed by atoms with Crippen molar-refractivity contribution in [1.29, 1.82) is 0 Å². The molecule has 4 heteroatoms. The summed E-state index contributed by atoms with van der Waals surface area (Å²) in [6.45, 7) is 3.59. The highest BCUT2D eigenvalue weighted by Gasteiger charge is 2.56. The third kappa shape index (κ3) is 4.12. The van der Waals surface area contributed by atoms with E-state index in [1.165, 1.54) is 0 Å². The predicted molar refractivity (Wildman–Crippen MR) is 110 cm³/mol. The Morgan fingerprint density at radius 3 is 1.86 bits per heavy atom. The minimum Gasteiger partial charge on any atom is -0.298 e. The number of carbonyl (C=O) groups excluding carboxylic acids is 4. The Kier molecular flexibility index (Phi) is 6.21. The zero-order valence-corrected chi connectivity index (χ0v) is 16.9. The number of hydrogen-bond donors (Lipinski definition) is 0. The SMILES string of the molecule is CCC(C)C(=O)C1C(=O)CC(=O)C(Cc2ccccc2)(Cc2ccccc2)C1=O. The average molecular weight is 390 g/mol. The zero-order valence-electron chi connectivity index (χ0n) is 16.9. The average Bonchev–Trinajstić information content (AvgIpc) is 2.73. The monoisotopic (exact) mass is 390 g/mol. The van der Waals surface area contributed by atoms with Gasteiger partial charge in [-0.25, -0.2) is 0 Å². The molecule has 0 heterocycles. The molecule has 1 aliphatic carbocycles. The first-order valence-electron chi connectivity index (χ1n) is 10.1. The quantitative estimate of drug-likeness (QED) is 0.675. The Morgan fingerprint density at radius 1 is 0.931 bits per heavy atom. The van der Waals surface area contributed by atoms with Crippen molar-refractivity contribution in [2.45, 2.75) is 39.5 Å². The molecular weight excluding hydrogens is 364 g/mol. The van der Waals surface area contributed by atoms with E-state index in [0.29, 0.717) is 6.42 Å². The Labute approximate surface area is 171 Å². The van der Waals surface area contributed by atoms with Gasteiger partial charge in [0.2, 0.25) is 0 Å². The van der Waals surface area contributed by atoms with Crippen molar-refractivity contribution >= 4 is 23.1 Å². The highest BCUT2D eigenvalue weighted by Crippen LogP contribution is 2.39. The maximum atomic E-state index is 13.7. The van der Waals surface area contributed by atoms with Gasteiger partial charge < -0.3 is 0 Å². The molecule has 1 saturated carbocycles. The van der Waals surface area contributed by atoms with E-state index in [1.807, 2.05) is 67.6 Å². The largest absolute Gasteiger partial charge is 0.298 e. The summed E-state index contributed by atoms with van der Waals surface area (Å²) in [5.74, 6) is -3.56. The third-order valence-electron chi connectivity index (χ3n) is 6.00. The van der Waals surface area contributed by atoms with E-state index in [0.717, 1.165) is 11.1 Å². The van der Waals surface area contributed by atoms with Crippen LogP contribution in [0.4, 0.5) is 0 Å². The van der Waals surface area contributed by atoms with Gasteiger partial charge in [0.15, 0.2) is 23.1 Å². The fourth-order valence-electron chi connectivity index (χ4n) is 4.09. The summed E-state index contributed by atoms with van der Waals surface area (Å²) in [7, 11) is 0. The standard InChI is InChI=1S/C25H26O4/c1-3-17(2)23(28)22-20(26)14-21(27)25(24(22)29,15-18-10-6-4-7-11-18)16-19-12-8-5-9-13-19/h4-13,17,22H,3,14-16H2,1-2H3. The molecule has 2 aromatic carbocycles. The molecule has 29 heavy (non-hydrogen) atoms. The van der Waals surface area contributed by atoms with E-state index in [-0.39, 0.29) is 30.8 Å². The van der Waals surface area contributed by atoms with Crippen LogP contribution in [0.15, 0.2) is 60.7 Å². The van der Waals surface area contributed by atoms with Gasteiger partial charge in [-0.3, -0.25) is 19.2 Å². The van der Waals surface area contributed by atoms with Crippen molar-refractivity contribution in [1.82, 2.24) is 0 Å². The summed E-state index contributed by atoms with van der Waals surface area (Å²) in [4.78, 5) is 52.4. The minimum atomic E-state index is -1.40. The van der Waals surface area contributed by atoms with Gasteiger partial charge >= 0.3 is 0 Å². The maximum Gasteiger partial charge on any atom is 0.165 e. The van der Waals surface area contributed by atoms with Gasteiger partial charge in [-0.15, -0.1) is 0 Å². The van der Waals surface area contributed by atoms with Crippen LogP contribution in [-0.4, -0.2) is 23.1 Å². The van der Waals surface area contributed by atoms with Crippen LogP contribution in [0.3, 0.4) is 0 Å². The molecule has 0 N–H and O–H groups in total. The lowest BCUT2D eigenvalue weighted by atomic mass is 9.60. The normalized spacial score (nSPS) is 19.8. The molecule has 0 saturated heterocycles. The molecule has 2 aromatic rings. The van der Waals surface area contributed by atoms with Crippen LogP contribution in [0.2, 0.25) is 0 Å². The summed E-state index contributed by atoms with van der Waals surface area (Å²) < 4.78 is 0. The predicted octanol–water partition coefficient (Wildman–Crippen LogP) is 3.80. The van der Waals surface area contributed by atoms with Crippen molar-refractivity contribution < 1.29 is 19.2 Å². The fourth-order valence-corrected chi connectivity index (χ4v) is 4.09. The number of hydrogen-bond acceptors (Lipinski definition) is 4. The molecule has 0 radical (unpaired) electrons. The highest BCUT2D eigenvalue weighted by atomic mass is 16.2. The number of rotatable bonds is 7. The molecule has 1 fully saturated rings. The van der Waals surface area contributed by atoms with Gasteiger partial charge in [-0.1, -0.05) is 74.5 Å². The molecule has 3 rings (SSSR count). The number of benzene rings is 2. The van der Waals surface area contributed by atoms with E-state index < -0.39 is 28.8 Å². The molecule has 2 unspecified atom stereocenters. The van der Waals surface area contributed by atoms with E-state index >= 15 is 0 Å². The first-order valence-corrected chi connectivity index (χ1v) is 10.1. The van der Waals surface area contributed by atoms with E-state index in [1.54, 1.807) is 6.92 Å². The van der Waals surface area contributed by atoms with Crippen molar-refractivity contribution in [3.8, 4) is 0 Å². The zero-order chi connectivity index (χ0) is 21.0. The van der Waals surface area contributed by atoms with Crippen molar-refractivity contribution in [3.63, 3.8) is 0 Å². The second-order valence-electron chi connectivity index (χ2n) is 7.98. The maximum absolute atomic E-state index is 13.7. The lowest BCUT2D eigenvalue weighted by molar-refractivity contribution is -0.155. The van der Waals surface area contributed by atoms with Gasteiger partial charge in [0.05, 0.1) is 11.8 Å². The van der Waals surface area contributed by atoms with Crippen LogP contribution in [0.1, 0.15) is 37.8 Å². The molecule has 0 aromatic heterocycles. The molecule has 4 nitrogen and oxygen atoms in total. The number of Topliss-reactive ketones (excluding diaryl/α,β-unsaturated/α-hetero) is 4. The Bertz CT molecular complexity index is 873. The van der Waals surface area contributed by atoms with E-state index in [4.69, 9.17) is 0 Å². The topological polar surface area (TPSA) is 68.3 Å². The molecule has 1 aliphatic rings. The summed E-state index contributed by atoms with van der Waals surface area (Å²) >= 11 is 0. The van der Waals surface area contributed by atoms with Crippen LogP contribution < -0.4 is 0 Å². The van der Waals surface area contributed by atoms with E-state index in [9.17, 15) is 19.2 Å². The third-order valence-corrected chi connectivity index (χ3v) is 6.00. The van der Waals surface area contributed by atoms with Gasteiger partial charge in [-0.2, -0.15) is 0 Å². The molecule has 0 aliphatic heterocycles. The van der Waals surface area contributed by atoms with Crippen LogP contribution in [0.25, 0.3) is 0 Å². The summed E-state index contributed by atoms with van der Waals surface area (Å²) in [6.07, 6.45) is 0.572. The van der Waals surface area contributed by atoms with E-state index in [2.05, 4.69) is 0 Å². The molecule has 0 bridgehead atoms. The smallest absolute Gasteiger partial charge is 0.165 e. The highest BCUT2D eigenvalue weighted by molar-refractivity contribution is 6.33. The first-order chi connectivity index (χ1) is 13.9. The van der Waals surface area contributed by atoms with Gasteiger partial charge in [0.25, 0.3) is 0 Å². The van der Waals surface area contributed by atoms with Crippen LogP contribution in [0.5, 0.6) is 0 Å². The van der Waals surface area contributed by atoms with Crippen molar-refractivity contribution in [2.75, 3.05) is 0 Å². The fraction of sp³-hybridized carbons (Fsp3) is 0.360. The van der Waals surface area contributed by atoms with Crippen LogP contribution >= 0.6 is 0 Å². The second kappa shape index (κ2) is 8.64. The van der Waals surface area contributed by atoms with Gasteiger partial charge in [0, 0.05) is 5.92 Å². The van der Waals surface area contributed by atoms with Crippen molar-refractivity contribution in [2.24, 2.45) is 17.3 Å². The lowest BCUT2D eigenvalue weighted by Crippen LogP contribution is -2.56. The van der Waals surface area contributed by atoms with Gasteiger partial charge in [-0.05, 0) is 30.4 Å². The number of carbonyl (C=O) groups is 4. The minimum absolute atomic E-state index is 0.192.